The first-order valence-electron chi connectivity index (χ1n) is 4.45. The van der Waals surface area contributed by atoms with E-state index in [4.69, 9.17) is 21.4 Å². The summed E-state index contributed by atoms with van der Waals surface area (Å²) >= 11 is 5.61. The predicted octanol–water partition coefficient (Wildman–Crippen LogP) is -0.852. The molecule has 0 spiro atoms. The fraction of sp³-hybridized carbons (Fsp3) is 0.625. The maximum atomic E-state index is 9.64. The molecule has 84 valence electrons. The molecular weight excluding hydrogens is 224 g/mol. The van der Waals surface area contributed by atoms with E-state index >= 15 is 0 Å². The molecule has 15 heavy (non-hydrogen) atoms. The van der Waals surface area contributed by atoms with Crippen LogP contribution in [0.1, 0.15) is 6.23 Å². The summed E-state index contributed by atoms with van der Waals surface area (Å²) in [5, 5.41) is 28.3. The van der Waals surface area contributed by atoms with Gasteiger partial charge in [-0.2, -0.15) is 0 Å². The van der Waals surface area contributed by atoms with Crippen molar-refractivity contribution < 1.29 is 20.1 Å². The van der Waals surface area contributed by atoms with Crippen LogP contribution in [-0.4, -0.2) is 49.8 Å². The van der Waals surface area contributed by atoms with Gasteiger partial charge in [0.2, 0.25) is 0 Å². The van der Waals surface area contributed by atoms with E-state index in [9.17, 15) is 10.2 Å². The second-order valence-corrected chi connectivity index (χ2v) is 3.76. The lowest BCUT2D eigenvalue weighted by atomic mass is 10.1. The predicted molar refractivity (Wildman–Crippen MR) is 50.2 cm³/mol. The van der Waals surface area contributed by atoms with Crippen LogP contribution in [0.3, 0.4) is 0 Å². The van der Waals surface area contributed by atoms with Crippen molar-refractivity contribution in [3.05, 3.63) is 17.7 Å². The van der Waals surface area contributed by atoms with Gasteiger partial charge in [0, 0.05) is 6.20 Å². The first-order valence-corrected chi connectivity index (χ1v) is 4.82. The monoisotopic (exact) mass is 234 g/mol. The molecular formula is C8H11ClN2O4. The normalized spacial score (nSPS) is 36.0. The van der Waals surface area contributed by atoms with Gasteiger partial charge in [0.25, 0.3) is 0 Å². The van der Waals surface area contributed by atoms with E-state index in [2.05, 4.69) is 4.98 Å². The molecule has 0 aliphatic carbocycles. The Morgan fingerprint density at radius 3 is 2.67 bits per heavy atom. The first kappa shape index (κ1) is 10.8. The quantitative estimate of drug-likeness (QED) is 0.620. The number of imidazole rings is 1. The van der Waals surface area contributed by atoms with Crippen LogP contribution in [0.4, 0.5) is 0 Å². The Morgan fingerprint density at radius 1 is 1.47 bits per heavy atom. The maximum Gasteiger partial charge on any atom is 0.164 e. The molecule has 0 amide bonds. The third kappa shape index (κ3) is 1.86. The summed E-state index contributed by atoms with van der Waals surface area (Å²) in [6.07, 6.45) is -0.901. The lowest BCUT2D eigenvalue weighted by Crippen LogP contribution is -2.33. The van der Waals surface area contributed by atoms with Crippen LogP contribution >= 0.6 is 11.6 Å². The molecule has 0 bridgehead atoms. The van der Waals surface area contributed by atoms with Crippen molar-refractivity contribution in [3.8, 4) is 0 Å². The minimum atomic E-state index is -1.11. The van der Waals surface area contributed by atoms with Crippen molar-refractivity contribution >= 4 is 11.6 Å². The van der Waals surface area contributed by atoms with E-state index in [0.717, 1.165) is 0 Å². The van der Waals surface area contributed by atoms with Gasteiger partial charge in [0.15, 0.2) is 6.23 Å². The highest BCUT2D eigenvalue weighted by Crippen LogP contribution is 2.29. The van der Waals surface area contributed by atoms with Crippen LogP contribution in [0, 0.1) is 0 Å². The van der Waals surface area contributed by atoms with Crippen LogP contribution in [-0.2, 0) is 4.74 Å². The summed E-state index contributed by atoms with van der Waals surface area (Å²) in [7, 11) is 0. The van der Waals surface area contributed by atoms with E-state index in [0.29, 0.717) is 0 Å². The average Bonchev–Trinajstić information content (AvgIpc) is 2.74. The van der Waals surface area contributed by atoms with Gasteiger partial charge in [-0.1, -0.05) is 11.6 Å². The second kappa shape index (κ2) is 4.07. The Bertz CT molecular complexity index is 345. The minimum absolute atomic E-state index is 0.271. The topological polar surface area (TPSA) is 87.7 Å². The molecule has 1 saturated heterocycles. The summed E-state index contributed by atoms with van der Waals surface area (Å²) in [6.45, 7) is -0.350. The van der Waals surface area contributed by atoms with Gasteiger partial charge >= 0.3 is 0 Å². The minimum Gasteiger partial charge on any atom is -0.394 e. The Kier molecular flexibility index (Phi) is 2.94. The number of hydrogen-bond acceptors (Lipinski definition) is 5. The van der Waals surface area contributed by atoms with E-state index in [1.54, 1.807) is 0 Å². The standard InChI is InChI=1S/C8H11ClN2O4/c9-5-1-11(3-10-5)8-7(14)6(13)4(2-12)15-8/h1,3-4,6-8,12-14H,2H2/t4-,6-,7-,8-/m1/s1. The number of aliphatic hydroxyl groups is 3. The van der Waals surface area contributed by atoms with E-state index < -0.39 is 24.5 Å². The van der Waals surface area contributed by atoms with Crippen molar-refractivity contribution in [2.75, 3.05) is 6.61 Å². The lowest BCUT2D eigenvalue weighted by molar-refractivity contribution is -0.0528. The number of halogens is 1. The second-order valence-electron chi connectivity index (χ2n) is 3.37. The van der Waals surface area contributed by atoms with Crippen molar-refractivity contribution in [2.24, 2.45) is 0 Å². The van der Waals surface area contributed by atoms with Crippen molar-refractivity contribution in [1.82, 2.24) is 9.55 Å². The fourth-order valence-electron chi connectivity index (χ4n) is 1.58. The zero-order chi connectivity index (χ0) is 11.0. The summed E-state index contributed by atoms with van der Waals surface area (Å²) < 4.78 is 6.70. The highest BCUT2D eigenvalue weighted by atomic mass is 35.5. The smallest absolute Gasteiger partial charge is 0.164 e. The molecule has 1 aromatic rings. The van der Waals surface area contributed by atoms with Crippen LogP contribution in [0.15, 0.2) is 12.5 Å². The van der Waals surface area contributed by atoms with Gasteiger partial charge in [-0.05, 0) is 0 Å². The summed E-state index contributed by atoms with van der Waals surface area (Å²) in [5.74, 6) is 0. The van der Waals surface area contributed by atoms with Gasteiger partial charge < -0.3 is 24.6 Å². The number of nitrogens with zero attached hydrogens (tertiary/aromatic N) is 2. The molecule has 7 heteroatoms. The van der Waals surface area contributed by atoms with E-state index in [1.807, 2.05) is 0 Å². The molecule has 1 aliphatic heterocycles. The Hall–Kier alpha value is -0.660. The van der Waals surface area contributed by atoms with E-state index in [1.165, 1.54) is 17.1 Å². The number of ether oxygens (including phenoxy) is 1. The molecule has 2 heterocycles. The summed E-state index contributed by atoms with van der Waals surface area (Å²) in [4.78, 5) is 3.76. The third-order valence-corrected chi connectivity index (χ3v) is 2.58. The molecule has 0 radical (unpaired) electrons. The molecule has 0 aromatic carbocycles. The van der Waals surface area contributed by atoms with Crippen LogP contribution < -0.4 is 0 Å². The van der Waals surface area contributed by atoms with E-state index in [-0.39, 0.29) is 11.8 Å². The van der Waals surface area contributed by atoms with Gasteiger partial charge in [-0.15, -0.1) is 0 Å². The average molecular weight is 235 g/mol. The largest absolute Gasteiger partial charge is 0.394 e. The molecule has 1 aliphatic rings. The molecule has 3 N–H and O–H groups in total. The highest BCUT2D eigenvalue weighted by Gasteiger charge is 2.43. The van der Waals surface area contributed by atoms with Crippen LogP contribution in [0.5, 0.6) is 0 Å². The zero-order valence-electron chi connectivity index (χ0n) is 7.69. The van der Waals surface area contributed by atoms with Crippen molar-refractivity contribution in [3.63, 3.8) is 0 Å². The number of aromatic nitrogens is 2. The molecule has 2 rings (SSSR count). The summed E-state index contributed by atoms with van der Waals surface area (Å²) in [5.41, 5.74) is 0. The molecule has 1 fully saturated rings. The fourth-order valence-corrected chi connectivity index (χ4v) is 1.73. The number of rotatable bonds is 2. The zero-order valence-corrected chi connectivity index (χ0v) is 8.45. The molecule has 6 nitrogen and oxygen atoms in total. The van der Waals surface area contributed by atoms with Gasteiger partial charge in [-0.25, -0.2) is 4.98 Å². The number of aliphatic hydroxyl groups excluding tert-OH is 3. The Labute approximate surface area is 90.7 Å². The third-order valence-electron chi connectivity index (χ3n) is 2.38. The summed E-state index contributed by atoms with van der Waals surface area (Å²) in [6, 6.07) is 0. The van der Waals surface area contributed by atoms with Gasteiger partial charge in [0.05, 0.1) is 12.9 Å². The lowest BCUT2D eigenvalue weighted by Gasteiger charge is -2.15. The SMILES string of the molecule is OC[C@H]1O[C@@H](n2cnc(Cl)c2)[C@H](O)[C@@H]1O. The molecule has 1 aromatic heterocycles. The van der Waals surface area contributed by atoms with Gasteiger partial charge in [0.1, 0.15) is 23.5 Å². The Morgan fingerprint density at radius 2 is 2.20 bits per heavy atom. The Balaban J connectivity index is 2.18. The van der Waals surface area contributed by atoms with Crippen LogP contribution in [0.2, 0.25) is 5.15 Å². The molecule has 4 atom stereocenters. The number of hydrogen-bond donors (Lipinski definition) is 3. The van der Waals surface area contributed by atoms with Gasteiger partial charge in [-0.3, -0.25) is 0 Å². The maximum absolute atomic E-state index is 9.64. The van der Waals surface area contributed by atoms with Crippen LogP contribution in [0.25, 0.3) is 0 Å². The molecule has 0 saturated carbocycles. The van der Waals surface area contributed by atoms with Crippen molar-refractivity contribution in [1.29, 1.82) is 0 Å². The molecule has 0 unspecified atom stereocenters. The van der Waals surface area contributed by atoms with Crippen molar-refractivity contribution in [2.45, 2.75) is 24.5 Å². The highest BCUT2D eigenvalue weighted by molar-refractivity contribution is 6.29. The first-order chi connectivity index (χ1) is 7.13.